The van der Waals surface area contributed by atoms with Gasteiger partial charge in [0.05, 0.1) is 16.3 Å². The van der Waals surface area contributed by atoms with Crippen molar-refractivity contribution in [3.05, 3.63) is 28.8 Å². The molecule has 106 valence electrons. The van der Waals surface area contributed by atoms with Crippen LogP contribution in [0.1, 0.15) is 38.3 Å². The van der Waals surface area contributed by atoms with Crippen molar-refractivity contribution in [1.82, 2.24) is 0 Å². The highest BCUT2D eigenvalue weighted by molar-refractivity contribution is 6.33. The standard InChI is InChI=1S/C15H23ClN2O/c1-11(17)12-5-6-14(13(16)9-12)18-8-4-7-15(2,10-18)19-3/h5-6,9,11H,4,7-8,10,17H2,1-3H3. The number of nitrogens with zero attached hydrogens (tertiary/aromatic N) is 1. The van der Waals surface area contributed by atoms with Gasteiger partial charge in [-0.15, -0.1) is 0 Å². The quantitative estimate of drug-likeness (QED) is 0.924. The van der Waals surface area contributed by atoms with E-state index < -0.39 is 0 Å². The number of ether oxygens (including phenoxy) is 1. The van der Waals surface area contributed by atoms with Gasteiger partial charge >= 0.3 is 0 Å². The van der Waals surface area contributed by atoms with Crippen LogP contribution in [-0.2, 0) is 4.74 Å². The summed E-state index contributed by atoms with van der Waals surface area (Å²) in [4.78, 5) is 2.31. The minimum Gasteiger partial charge on any atom is -0.377 e. The largest absolute Gasteiger partial charge is 0.377 e. The molecule has 0 saturated carbocycles. The van der Waals surface area contributed by atoms with Gasteiger partial charge in [0.15, 0.2) is 0 Å². The van der Waals surface area contributed by atoms with Crippen LogP contribution in [0.5, 0.6) is 0 Å². The second kappa shape index (κ2) is 5.70. The molecule has 0 bridgehead atoms. The SMILES string of the molecule is COC1(C)CCCN(c2ccc(C(C)N)cc2Cl)C1. The topological polar surface area (TPSA) is 38.5 Å². The molecule has 2 atom stereocenters. The summed E-state index contributed by atoms with van der Waals surface area (Å²) in [6, 6.07) is 6.12. The van der Waals surface area contributed by atoms with E-state index in [1.807, 2.05) is 13.0 Å². The maximum Gasteiger partial charge on any atom is 0.0825 e. The number of anilines is 1. The van der Waals surface area contributed by atoms with E-state index in [0.717, 1.165) is 42.2 Å². The van der Waals surface area contributed by atoms with Gasteiger partial charge in [-0.1, -0.05) is 17.7 Å². The number of hydrogen-bond acceptors (Lipinski definition) is 3. The summed E-state index contributed by atoms with van der Waals surface area (Å²) in [5.74, 6) is 0. The first-order chi connectivity index (χ1) is 8.95. The lowest BCUT2D eigenvalue weighted by molar-refractivity contribution is -0.00464. The van der Waals surface area contributed by atoms with Gasteiger partial charge in [0.25, 0.3) is 0 Å². The Morgan fingerprint density at radius 2 is 2.21 bits per heavy atom. The van der Waals surface area contributed by atoms with Gasteiger partial charge < -0.3 is 15.4 Å². The summed E-state index contributed by atoms with van der Waals surface area (Å²) in [6.45, 7) is 6.02. The molecular formula is C15H23ClN2O. The van der Waals surface area contributed by atoms with Gasteiger partial charge in [-0.2, -0.15) is 0 Å². The van der Waals surface area contributed by atoms with Crippen LogP contribution in [0.25, 0.3) is 0 Å². The first kappa shape index (κ1) is 14.6. The lowest BCUT2D eigenvalue weighted by Gasteiger charge is -2.41. The van der Waals surface area contributed by atoms with Gasteiger partial charge in [0.2, 0.25) is 0 Å². The number of methoxy groups -OCH3 is 1. The van der Waals surface area contributed by atoms with E-state index in [1.54, 1.807) is 7.11 Å². The smallest absolute Gasteiger partial charge is 0.0825 e. The summed E-state index contributed by atoms with van der Waals surface area (Å²) in [7, 11) is 1.78. The van der Waals surface area contributed by atoms with Crippen molar-refractivity contribution in [2.45, 2.75) is 38.3 Å². The molecule has 1 aliphatic heterocycles. The number of piperidine rings is 1. The third-order valence-electron chi connectivity index (χ3n) is 3.99. The van der Waals surface area contributed by atoms with E-state index in [1.165, 1.54) is 0 Å². The number of hydrogen-bond donors (Lipinski definition) is 1. The van der Waals surface area contributed by atoms with Crippen LogP contribution in [0.3, 0.4) is 0 Å². The Balaban J connectivity index is 2.22. The van der Waals surface area contributed by atoms with Crippen molar-refractivity contribution in [2.24, 2.45) is 5.73 Å². The van der Waals surface area contributed by atoms with Gasteiger partial charge in [-0.05, 0) is 44.4 Å². The Morgan fingerprint density at radius 1 is 1.47 bits per heavy atom. The van der Waals surface area contributed by atoms with Crippen LogP contribution in [0.4, 0.5) is 5.69 Å². The molecule has 0 aliphatic carbocycles. The maximum atomic E-state index is 6.41. The van der Waals surface area contributed by atoms with Crippen molar-refractivity contribution in [1.29, 1.82) is 0 Å². The van der Waals surface area contributed by atoms with Gasteiger partial charge in [0, 0.05) is 26.2 Å². The monoisotopic (exact) mass is 282 g/mol. The first-order valence-corrected chi connectivity index (χ1v) is 7.18. The molecule has 0 amide bonds. The summed E-state index contributed by atoms with van der Waals surface area (Å²) in [5, 5.41) is 0.773. The van der Waals surface area contributed by atoms with Crippen LogP contribution in [-0.4, -0.2) is 25.8 Å². The van der Waals surface area contributed by atoms with E-state index in [9.17, 15) is 0 Å². The van der Waals surface area contributed by atoms with Crippen LogP contribution in [0.2, 0.25) is 5.02 Å². The Labute approximate surface area is 120 Å². The highest BCUT2D eigenvalue weighted by atomic mass is 35.5. The molecule has 1 aliphatic rings. The van der Waals surface area contributed by atoms with Crippen molar-refractivity contribution < 1.29 is 4.74 Å². The van der Waals surface area contributed by atoms with E-state index in [2.05, 4.69) is 24.0 Å². The molecule has 0 spiro atoms. The second-order valence-corrected chi connectivity index (χ2v) is 6.09. The number of benzene rings is 1. The van der Waals surface area contributed by atoms with Crippen molar-refractivity contribution in [3.8, 4) is 0 Å². The van der Waals surface area contributed by atoms with Crippen molar-refractivity contribution >= 4 is 17.3 Å². The van der Waals surface area contributed by atoms with E-state index in [0.29, 0.717) is 0 Å². The summed E-state index contributed by atoms with van der Waals surface area (Å²) in [6.07, 6.45) is 2.21. The Morgan fingerprint density at radius 3 is 2.79 bits per heavy atom. The zero-order chi connectivity index (χ0) is 14.0. The molecule has 3 nitrogen and oxygen atoms in total. The Bertz CT molecular complexity index is 450. The fourth-order valence-electron chi connectivity index (χ4n) is 2.64. The molecule has 19 heavy (non-hydrogen) atoms. The first-order valence-electron chi connectivity index (χ1n) is 6.80. The zero-order valence-electron chi connectivity index (χ0n) is 11.9. The van der Waals surface area contributed by atoms with Crippen molar-refractivity contribution in [3.63, 3.8) is 0 Å². The minimum absolute atomic E-state index is 0.0112. The molecule has 0 aromatic heterocycles. The summed E-state index contributed by atoms with van der Waals surface area (Å²) < 4.78 is 5.63. The fourth-order valence-corrected chi connectivity index (χ4v) is 2.95. The number of rotatable bonds is 3. The second-order valence-electron chi connectivity index (χ2n) is 5.68. The molecule has 1 fully saturated rings. The molecule has 2 N–H and O–H groups in total. The van der Waals surface area contributed by atoms with Gasteiger partial charge in [0.1, 0.15) is 0 Å². The zero-order valence-corrected chi connectivity index (χ0v) is 12.7. The summed E-state index contributed by atoms with van der Waals surface area (Å²) in [5.41, 5.74) is 7.95. The molecule has 2 unspecified atom stereocenters. The molecule has 1 aromatic rings. The predicted molar refractivity (Wildman–Crippen MR) is 80.9 cm³/mol. The molecule has 1 aromatic carbocycles. The molecule has 0 radical (unpaired) electrons. The molecule has 1 heterocycles. The number of nitrogens with two attached hydrogens (primary N) is 1. The highest BCUT2D eigenvalue weighted by Crippen LogP contribution is 2.33. The molecule has 4 heteroatoms. The maximum absolute atomic E-state index is 6.41. The van der Waals surface area contributed by atoms with Gasteiger partial charge in [-0.3, -0.25) is 0 Å². The normalized spacial score (nSPS) is 25.4. The van der Waals surface area contributed by atoms with Crippen LogP contribution >= 0.6 is 11.6 Å². The molecule has 2 rings (SSSR count). The van der Waals surface area contributed by atoms with Crippen LogP contribution < -0.4 is 10.6 Å². The Hall–Kier alpha value is -0.770. The minimum atomic E-state index is -0.0819. The molecule has 1 saturated heterocycles. The van der Waals surface area contributed by atoms with Crippen LogP contribution in [0.15, 0.2) is 18.2 Å². The van der Waals surface area contributed by atoms with E-state index in [-0.39, 0.29) is 11.6 Å². The predicted octanol–water partition coefficient (Wildman–Crippen LogP) is 3.37. The van der Waals surface area contributed by atoms with E-state index >= 15 is 0 Å². The van der Waals surface area contributed by atoms with Crippen molar-refractivity contribution in [2.75, 3.05) is 25.1 Å². The third kappa shape index (κ3) is 3.22. The average molecular weight is 283 g/mol. The van der Waals surface area contributed by atoms with Crippen LogP contribution in [0, 0.1) is 0 Å². The number of halogens is 1. The summed E-state index contributed by atoms with van der Waals surface area (Å²) >= 11 is 6.41. The Kier molecular flexibility index (Phi) is 4.39. The highest BCUT2D eigenvalue weighted by Gasteiger charge is 2.31. The van der Waals surface area contributed by atoms with E-state index in [4.69, 9.17) is 22.1 Å². The average Bonchev–Trinajstić information content (AvgIpc) is 2.38. The lowest BCUT2D eigenvalue weighted by Crippen LogP contribution is -2.47. The lowest BCUT2D eigenvalue weighted by atomic mass is 9.94. The third-order valence-corrected chi connectivity index (χ3v) is 4.29. The van der Waals surface area contributed by atoms with Gasteiger partial charge in [-0.25, -0.2) is 0 Å². The molecular weight excluding hydrogens is 260 g/mol. The fraction of sp³-hybridized carbons (Fsp3) is 0.600.